The van der Waals surface area contributed by atoms with Gasteiger partial charge in [0.2, 0.25) is 0 Å². The van der Waals surface area contributed by atoms with Crippen molar-refractivity contribution >= 4 is 0 Å². The number of ether oxygens (including phenoxy) is 1. The summed E-state index contributed by atoms with van der Waals surface area (Å²) in [5.41, 5.74) is 0.766. The van der Waals surface area contributed by atoms with Crippen molar-refractivity contribution in [3.63, 3.8) is 0 Å². The Morgan fingerprint density at radius 2 is 2.14 bits per heavy atom. The van der Waals surface area contributed by atoms with Gasteiger partial charge in [-0.1, -0.05) is 12.1 Å². The van der Waals surface area contributed by atoms with Crippen LogP contribution >= 0.6 is 0 Å². The third-order valence-corrected chi connectivity index (χ3v) is 1.87. The molecule has 0 atom stereocenters. The number of para-hydroxylation sites is 1. The molecule has 2 rings (SSSR count). The van der Waals surface area contributed by atoms with E-state index in [1.165, 1.54) is 6.07 Å². The third kappa shape index (κ3) is 1.42. The van der Waals surface area contributed by atoms with E-state index in [2.05, 4.69) is 5.16 Å². The number of aromatic nitrogens is 1. The lowest BCUT2D eigenvalue weighted by Gasteiger charge is -2.03. The molecule has 0 radical (unpaired) electrons. The van der Waals surface area contributed by atoms with Crippen LogP contribution in [0.3, 0.4) is 0 Å². The first-order chi connectivity index (χ1) is 6.81. The molecule has 1 aromatic carbocycles. The Bertz CT molecular complexity index is 436. The molecule has 4 heteroatoms. The maximum atomic E-state index is 9.03. The van der Waals surface area contributed by atoms with Crippen LogP contribution in [0.15, 0.2) is 34.9 Å². The van der Waals surface area contributed by atoms with Crippen LogP contribution in [-0.2, 0) is 0 Å². The van der Waals surface area contributed by atoms with E-state index in [1.807, 2.05) is 24.3 Å². The molecule has 4 nitrogen and oxygen atoms in total. The zero-order valence-electron chi connectivity index (χ0n) is 7.60. The molecule has 0 fully saturated rings. The van der Waals surface area contributed by atoms with Gasteiger partial charge in [-0.25, -0.2) is 0 Å². The molecule has 0 aliphatic carbocycles. The van der Waals surface area contributed by atoms with Crippen LogP contribution in [0.1, 0.15) is 0 Å². The van der Waals surface area contributed by atoms with Gasteiger partial charge in [0.05, 0.1) is 12.7 Å². The van der Waals surface area contributed by atoms with Crippen molar-refractivity contribution in [3.05, 3.63) is 30.3 Å². The van der Waals surface area contributed by atoms with Crippen molar-refractivity contribution in [2.24, 2.45) is 0 Å². The highest BCUT2D eigenvalue weighted by atomic mass is 16.5. The number of methoxy groups -OCH3 is 1. The highest BCUT2D eigenvalue weighted by Crippen LogP contribution is 2.30. The van der Waals surface area contributed by atoms with Crippen molar-refractivity contribution < 1.29 is 14.4 Å². The van der Waals surface area contributed by atoms with Crippen molar-refractivity contribution in [2.75, 3.05) is 7.11 Å². The number of benzene rings is 1. The smallest absolute Gasteiger partial charge is 0.252 e. The van der Waals surface area contributed by atoms with Gasteiger partial charge in [-0.3, -0.25) is 0 Å². The first kappa shape index (κ1) is 8.62. The summed E-state index contributed by atoms with van der Waals surface area (Å²) < 4.78 is 10.1. The Morgan fingerprint density at radius 3 is 2.79 bits per heavy atom. The number of hydrogen-bond donors (Lipinski definition) is 1. The lowest BCUT2D eigenvalue weighted by atomic mass is 10.1. The van der Waals surface area contributed by atoms with E-state index in [4.69, 9.17) is 14.4 Å². The van der Waals surface area contributed by atoms with E-state index >= 15 is 0 Å². The zero-order valence-corrected chi connectivity index (χ0v) is 7.60. The fraction of sp³-hybridized carbons (Fsp3) is 0.100. The van der Waals surface area contributed by atoms with Gasteiger partial charge in [0.15, 0.2) is 5.76 Å². The Kier molecular flexibility index (Phi) is 2.10. The van der Waals surface area contributed by atoms with Crippen LogP contribution in [-0.4, -0.2) is 17.4 Å². The summed E-state index contributed by atoms with van der Waals surface area (Å²) in [6.07, 6.45) is 0. The van der Waals surface area contributed by atoms with Gasteiger partial charge in [0.25, 0.3) is 5.88 Å². The summed E-state index contributed by atoms with van der Waals surface area (Å²) in [6.45, 7) is 0. The van der Waals surface area contributed by atoms with Gasteiger partial charge in [0.1, 0.15) is 5.75 Å². The summed E-state index contributed by atoms with van der Waals surface area (Å²) in [4.78, 5) is 0. The summed E-state index contributed by atoms with van der Waals surface area (Å²) in [5, 5.41) is 12.4. The topological polar surface area (TPSA) is 55.5 Å². The molecule has 0 bridgehead atoms. The largest absolute Gasteiger partial charge is 0.496 e. The Balaban J connectivity index is 2.50. The lowest BCUT2D eigenvalue weighted by molar-refractivity contribution is 0.363. The average Bonchev–Trinajstić information content (AvgIpc) is 2.65. The maximum Gasteiger partial charge on any atom is 0.252 e. The highest BCUT2D eigenvalue weighted by Gasteiger charge is 2.09. The zero-order chi connectivity index (χ0) is 9.97. The number of aromatic hydroxyl groups is 1. The summed E-state index contributed by atoms with van der Waals surface area (Å²) >= 11 is 0. The molecule has 0 spiro atoms. The first-order valence-electron chi connectivity index (χ1n) is 4.10. The Morgan fingerprint density at radius 1 is 1.36 bits per heavy atom. The molecule has 0 aliphatic heterocycles. The van der Waals surface area contributed by atoms with Crippen molar-refractivity contribution in [1.29, 1.82) is 0 Å². The van der Waals surface area contributed by atoms with Gasteiger partial charge < -0.3 is 14.4 Å². The van der Waals surface area contributed by atoms with Crippen LogP contribution in [0.25, 0.3) is 11.3 Å². The lowest BCUT2D eigenvalue weighted by Crippen LogP contribution is -1.85. The normalized spacial score (nSPS) is 10.1. The van der Waals surface area contributed by atoms with E-state index in [9.17, 15) is 0 Å². The van der Waals surface area contributed by atoms with E-state index in [0.29, 0.717) is 11.5 Å². The Hall–Kier alpha value is -1.97. The van der Waals surface area contributed by atoms with E-state index in [0.717, 1.165) is 5.56 Å². The number of nitrogens with zero attached hydrogens (tertiary/aromatic N) is 1. The second kappa shape index (κ2) is 3.41. The second-order valence-electron chi connectivity index (χ2n) is 2.75. The van der Waals surface area contributed by atoms with Gasteiger partial charge >= 0.3 is 0 Å². The van der Waals surface area contributed by atoms with Gasteiger partial charge in [-0.05, 0) is 17.3 Å². The molecule has 1 aromatic heterocycles. The molecular formula is C10H9NO3. The molecule has 14 heavy (non-hydrogen) atoms. The van der Waals surface area contributed by atoms with Crippen molar-refractivity contribution in [2.45, 2.75) is 0 Å². The van der Waals surface area contributed by atoms with E-state index in [-0.39, 0.29) is 5.88 Å². The van der Waals surface area contributed by atoms with Crippen LogP contribution in [0.2, 0.25) is 0 Å². The van der Waals surface area contributed by atoms with Gasteiger partial charge in [-0.2, -0.15) is 0 Å². The van der Waals surface area contributed by atoms with Crippen LogP contribution in [0, 0.1) is 0 Å². The van der Waals surface area contributed by atoms with Crippen molar-refractivity contribution in [3.8, 4) is 23.0 Å². The molecule has 1 heterocycles. The minimum Gasteiger partial charge on any atom is -0.496 e. The van der Waals surface area contributed by atoms with Crippen molar-refractivity contribution in [1.82, 2.24) is 5.16 Å². The highest BCUT2D eigenvalue weighted by molar-refractivity contribution is 5.65. The molecule has 2 aromatic rings. The molecule has 0 saturated carbocycles. The fourth-order valence-electron chi connectivity index (χ4n) is 1.24. The standard InChI is InChI=1S/C10H9NO3/c1-13-8-5-3-2-4-7(8)9-6-10(12)11-14-9/h2-6H,1H3,(H,11,12). The van der Waals surface area contributed by atoms with Gasteiger partial charge in [0, 0.05) is 6.07 Å². The quantitative estimate of drug-likeness (QED) is 0.789. The van der Waals surface area contributed by atoms with Crippen LogP contribution in [0.4, 0.5) is 0 Å². The summed E-state index contributed by atoms with van der Waals surface area (Å²) in [5.74, 6) is 1.04. The monoisotopic (exact) mass is 191 g/mol. The number of rotatable bonds is 2. The summed E-state index contributed by atoms with van der Waals surface area (Å²) in [6, 6.07) is 8.81. The molecule has 0 amide bonds. The third-order valence-electron chi connectivity index (χ3n) is 1.87. The van der Waals surface area contributed by atoms with Crippen LogP contribution in [0.5, 0.6) is 11.6 Å². The van der Waals surface area contributed by atoms with E-state index in [1.54, 1.807) is 7.11 Å². The van der Waals surface area contributed by atoms with E-state index < -0.39 is 0 Å². The first-order valence-corrected chi connectivity index (χ1v) is 4.10. The SMILES string of the molecule is COc1ccccc1-c1cc(O)no1. The minimum atomic E-state index is -0.133. The van der Waals surface area contributed by atoms with Crippen LogP contribution < -0.4 is 4.74 Å². The molecule has 0 aliphatic rings. The second-order valence-corrected chi connectivity index (χ2v) is 2.75. The molecule has 0 unspecified atom stereocenters. The fourth-order valence-corrected chi connectivity index (χ4v) is 1.24. The summed E-state index contributed by atoms with van der Waals surface area (Å²) in [7, 11) is 1.58. The predicted octanol–water partition coefficient (Wildman–Crippen LogP) is 2.06. The predicted molar refractivity (Wildman–Crippen MR) is 50.2 cm³/mol. The molecular weight excluding hydrogens is 182 g/mol. The molecule has 0 saturated heterocycles. The molecule has 72 valence electrons. The minimum absolute atomic E-state index is 0.133. The van der Waals surface area contributed by atoms with Gasteiger partial charge in [-0.15, -0.1) is 0 Å². The Labute approximate surface area is 80.7 Å². The number of hydrogen-bond acceptors (Lipinski definition) is 4. The average molecular weight is 191 g/mol. The maximum absolute atomic E-state index is 9.03. The molecule has 1 N–H and O–H groups in total.